The smallest absolute Gasteiger partial charge is 0.285 e. The van der Waals surface area contributed by atoms with Gasteiger partial charge in [-0.05, 0) is 18.9 Å². The number of pyridine rings is 1. The van der Waals surface area contributed by atoms with Crippen LogP contribution in [0.5, 0.6) is 0 Å². The maximum atomic E-state index is 11.7. The molecule has 3 heteroatoms. The van der Waals surface area contributed by atoms with Crippen molar-refractivity contribution >= 4 is 5.91 Å². The van der Waals surface area contributed by atoms with E-state index in [0.29, 0.717) is 6.54 Å². The van der Waals surface area contributed by atoms with Gasteiger partial charge in [-0.3, -0.25) is 4.79 Å². The summed E-state index contributed by atoms with van der Waals surface area (Å²) in [6.45, 7) is 7.47. The van der Waals surface area contributed by atoms with Crippen LogP contribution in [-0.4, -0.2) is 12.5 Å². The molecular weight excluding hydrogens is 212 g/mol. The predicted octanol–water partition coefficient (Wildman–Crippen LogP) is 1.76. The van der Waals surface area contributed by atoms with Gasteiger partial charge in [0.05, 0.1) is 0 Å². The first kappa shape index (κ1) is 13.7. The lowest BCUT2D eigenvalue weighted by atomic mass is 10.2. The third-order valence-electron chi connectivity index (χ3n) is 2.89. The number of aryl methyl sites for hydroxylation is 2. The molecule has 0 bridgehead atoms. The Morgan fingerprint density at radius 2 is 2.12 bits per heavy atom. The van der Waals surface area contributed by atoms with Crippen molar-refractivity contribution in [3.63, 3.8) is 0 Å². The molecule has 1 heterocycles. The summed E-state index contributed by atoms with van der Waals surface area (Å²) in [5.41, 5.74) is 2.38. The number of hydrogen-bond acceptors (Lipinski definition) is 1. The average molecular weight is 235 g/mol. The predicted molar refractivity (Wildman–Crippen MR) is 68.7 cm³/mol. The molecule has 0 aliphatic rings. The van der Waals surface area contributed by atoms with Crippen molar-refractivity contribution in [2.24, 2.45) is 0 Å². The first-order chi connectivity index (χ1) is 8.17. The Hall–Kier alpha value is -1.38. The number of carbonyl (C=O) groups is 1. The normalized spacial score (nSPS) is 10.3. The fraction of sp³-hybridized carbons (Fsp3) is 0.571. The second-order valence-electron chi connectivity index (χ2n) is 4.36. The van der Waals surface area contributed by atoms with E-state index >= 15 is 0 Å². The summed E-state index contributed by atoms with van der Waals surface area (Å²) in [6, 6.07) is 4.18. The van der Waals surface area contributed by atoms with Crippen LogP contribution in [0.2, 0.25) is 0 Å². The summed E-state index contributed by atoms with van der Waals surface area (Å²) >= 11 is 0. The number of rotatable bonds is 6. The van der Waals surface area contributed by atoms with E-state index in [9.17, 15) is 4.79 Å². The average Bonchev–Trinajstić information content (AvgIpc) is 2.32. The first-order valence-electron chi connectivity index (χ1n) is 6.43. The first-order valence-corrected chi connectivity index (χ1v) is 6.43. The molecule has 1 aromatic heterocycles. The summed E-state index contributed by atoms with van der Waals surface area (Å²) in [7, 11) is 0. The fourth-order valence-corrected chi connectivity index (χ4v) is 1.66. The summed E-state index contributed by atoms with van der Waals surface area (Å²) < 4.78 is 2.01. The SMILES string of the molecule is CCCCNC(=O)C[n+]1cc(CC)ccc1C. The van der Waals surface area contributed by atoms with E-state index in [2.05, 4.69) is 37.5 Å². The Morgan fingerprint density at radius 3 is 2.76 bits per heavy atom. The Kier molecular flexibility index (Phi) is 5.67. The van der Waals surface area contributed by atoms with Crippen LogP contribution in [0.1, 0.15) is 37.9 Å². The highest BCUT2D eigenvalue weighted by Gasteiger charge is 2.12. The van der Waals surface area contributed by atoms with Gasteiger partial charge in [-0.25, -0.2) is 0 Å². The molecule has 0 fully saturated rings. The Morgan fingerprint density at radius 1 is 1.35 bits per heavy atom. The number of aromatic nitrogens is 1. The molecule has 17 heavy (non-hydrogen) atoms. The van der Waals surface area contributed by atoms with E-state index in [1.807, 2.05) is 11.5 Å². The molecule has 0 saturated carbocycles. The van der Waals surface area contributed by atoms with Crippen LogP contribution in [0.3, 0.4) is 0 Å². The third-order valence-corrected chi connectivity index (χ3v) is 2.89. The molecule has 1 N–H and O–H groups in total. The molecule has 1 amide bonds. The molecule has 0 aromatic carbocycles. The largest absolute Gasteiger partial charge is 0.351 e. The molecule has 0 atom stereocenters. The zero-order valence-corrected chi connectivity index (χ0v) is 11.1. The van der Waals surface area contributed by atoms with Crippen molar-refractivity contribution in [2.45, 2.75) is 46.6 Å². The number of nitrogens with zero attached hydrogens (tertiary/aromatic N) is 1. The van der Waals surface area contributed by atoms with Gasteiger partial charge in [0.15, 0.2) is 11.9 Å². The maximum Gasteiger partial charge on any atom is 0.285 e. The summed E-state index contributed by atoms with van der Waals surface area (Å²) in [4.78, 5) is 11.7. The summed E-state index contributed by atoms with van der Waals surface area (Å²) in [6.07, 6.45) is 5.22. The lowest BCUT2D eigenvalue weighted by Crippen LogP contribution is -2.45. The molecule has 0 aliphatic carbocycles. The monoisotopic (exact) mass is 235 g/mol. The molecule has 0 unspecified atom stereocenters. The standard InChI is InChI=1S/C14H22N2O/c1-4-6-9-15-14(17)11-16-10-13(5-2)8-7-12(16)3/h7-8,10H,4-6,9,11H2,1-3H3/p+1. The van der Waals surface area contributed by atoms with Gasteiger partial charge in [-0.1, -0.05) is 20.3 Å². The fourth-order valence-electron chi connectivity index (χ4n) is 1.66. The van der Waals surface area contributed by atoms with Crippen LogP contribution in [0.4, 0.5) is 0 Å². The second-order valence-corrected chi connectivity index (χ2v) is 4.36. The van der Waals surface area contributed by atoms with Crippen molar-refractivity contribution in [1.82, 2.24) is 5.32 Å². The van der Waals surface area contributed by atoms with E-state index in [1.165, 1.54) is 5.56 Å². The molecule has 0 radical (unpaired) electrons. The highest BCUT2D eigenvalue weighted by molar-refractivity contribution is 5.74. The van der Waals surface area contributed by atoms with E-state index in [-0.39, 0.29) is 5.91 Å². The van der Waals surface area contributed by atoms with Crippen LogP contribution >= 0.6 is 0 Å². The lowest BCUT2D eigenvalue weighted by Gasteiger charge is -2.04. The highest BCUT2D eigenvalue weighted by atomic mass is 16.1. The van der Waals surface area contributed by atoms with E-state index in [4.69, 9.17) is 0 Å². The van der Waals surface area contributed by atoms with Crippen molar-refractivity contribution in [3.8, 4) is 0 Å². The molecule has 0 spiro atoms. The minimum atomic E-state index is 0.0970. The second kappa shape index (κ2) is 7.05. The number of unbranched alkanes of at least 4 members (excludes halogenated alkanes) is 1. The number of carbonyl (C=O) groups excluding carboxylic acids is 1. The highest BCUT2D eigenvalue weighted by Crippen LogP contribution is 1.98. The molecule has 0 aliphatic heterocycles. The van der Waals surface area contributed by atoms with Gasteiger partial charge in [-0.15, -0.1) is 0 Å². The molecule has 1 aromatic rings. The van der Waals surface area contributed by atoms with Crippen molar-refractivity contribution in [1.29, 1.82) is 0 Å². The van der Waals surface area contributed by atoms with E-state index in [0.717, 1.165) is 31.5 Å². The minimum absolute atomic E-state index is 0.0970. The lowest BCUT2D eigenvalue weighted by molar-refractivity contribution is -0.690. The third kappa shape index (κ3) is 4.55. The molecular formula is C14H23N2O+. The van der Waals surface area contributed by atoms with Crippen LogP contribution in [-0.2, 0) is 17.8 Å². The quantitative estimate of drug-likeness (QED) is 0.591. The molecule has 94 valence electrons. The van der Waals surface area contributed by atoms with Gasteiger partial charge in [0, 0.05) is 25.1 Å². The van der Waals surface area contributed by atoms with E-state index in [1.54, 1.807) is 0 Å². The van der Waals surface area contributed by atoms with E-state index < -0.39 is 0 Å². The van der Waals surface area contributed by atoms with Gasteiger partial charge < -0.3 is 5.32 Å². The zero-order valence-electron chi connectivity index (χ0n) is 11.1. The van der Waals surface area contributed by atoms with Gasteiger partial charge >= 0.3 is 0 Å². The molecule has 0 saturated heterocycles. The van der Waals surface area contributed by atoms with Crippen molar-refractivity contribution in [3.05, 3.63) is 29.6 Å². The van der Waals surface area contributed by atoms with Crippen molar-refractivity contribution in [2.75, 3.05) is 6.54 Å². The topological polar surface area (TPSA) is 33.0 Å². The Bertz CT molecular complexity index is 374. The Balaban J connectivity index is 2.57. The minimum Gasteiger partial charge on any atom is -0.351 e. The van der Waals surface area contributed by atoms with Crippen molar-refractivity contribution < 1.29 is 9.36 Å². The van der Waals surface area contributed by atoms with Gasteiger partial charge in [0.2, 0.25) is 6.54 Å². The Labute approximate surface area is 104 Å². The van der Waals surface area contributed by atoms with Gasteiger partial charge in [0.25, 0.3) is 5.91 Å². The number of hydrogen-bond donors (Lipinski definition) is 1. The summed E-state index contributed by atoms with van der Waals surface area (Å²) in [5, 5.41) is 2.94. The molecule has 1 rings (SSSR count). The van der Waals surface area contributed by atoms with Crippen LogP contribution in [0.25, 0.3) is 0 Å². The van der Waals surface area contributed by atoms with Crippen LogP contribution in [0.15, 0.2) is 18.3 Å². The maximum absolute atomic E-state index is 11.7. The molecule has 3 nitrogen and oxygen atoms in total. The zero-order chi connectivity index (χ0) is 12.7. The van der Waals surface area contributed by atoms with Crippen LogP contribution < -0.4 is 9.88 Å². The number of nitrogens with one attached hydrogen (secondary N) is 1. The van der Waals surface area contributed by atoms with Gasteiger partial charge in [-0.2, -0.15) is 4.57 Å². The number of amides is 1. The van der Waals surface area contributed by atoms with Gasteiger partial charge in [0.1, 0.15) is 0 Å². The van der Waals surface area contributed by atoms with Crippen LogP contribution in [0, 0.1) is 6.92 Å². The summed E-state index contributed by atoms with van der Waals surface area (Å²) in [5.74, 6) is 0.0970.